The minimum absolute atomic E-state index is 0.159. The SMILES string of the molecule is CC(=O)CCCC(=O)N1CCC([C@H]2c3ncc(Br)cc3CCc3cc(C4CC4)cc(Br)c32)CC1. The van der Waals surface area contributed by atoms with Crippen LogP contribution in [0.15, 0.2) is 33.3 Å². The smallest absolute Gasteiger partial charge is 0.222 e. The van der Waals surface area contributed by atoms with E-state index in [1.165, 1.54) is 45.3 Å². The van der Waals surface area contributed by atoms with Gasteiger partial charge in [-0.3, -0.25) is 9.78 Å². The minimum atomic E-state index is 0.159. The van der Waals surface area contributed by atoms with Gasteiger partial charge in [0.2, 0.25) is 5.91 Å². The van der Waals surface area contributed by atoms with E-state index in [1.807, 2.05) is 11.1 Å². The lowest BCUT2D eigenvalue weighted by Gasteiger charge is -2.37. The molecule has 2 aromatic rings. The van der Waals surface area contributed by atoms with E-state index in [4.69, 9.17) is 4.98 Å². The number of fused-ring (bicyclic) bond motifs is 2. The first-order chi connectivity index (χ1) is 16.4. The quantitative estimate of drug-likeness (QED) is 0.377. The molecule has 4 nitrogen and oxygen atoms in total. The summed E-state index contributed by atoms with van der Waals surface area (Å²) in [7, 11) is 0. The summed E-state index contributed by atoms with van der Waals surface area (Å²) in [5.41, 5.74) is 6.93. The van der Waals surface area contributed by atoms with E-state index in [-0.39, 0.29) is 17.6 Å². The molecule has 3 aliphatic rings. The number of likely N-dealkylation sites (tertiary alicyclic amines) is 1. The van der Waals surface area contributed by atoms with E-state index in [0.29, 0.717) is 25.2 Å². The predicted molar refractivity (Wildman–Crippen MR) is 141 cm³/mol. The Morgan fingerprint density at radius 1 is 1.00 bits per heavy atom. The third kappa shape index (κ3) is 5.18. The van der Waals surface area contributed by atoms with E-state index in [0.717, 1.165) is 49.2 Å². The van der Waals surface area contributed by atoms with E-state index < -0.39 is 0 Å². The highest BCUT2D eigenvalue weighted by molar-refractivity contribution is 9.10. The summed E-state index contributed by atoms with van der Waals surface area (Å²) >= 11 is 7.62. The number of rotatable bonds is 6. The van der Waals surface area contributed by atoms with Crippen LogP contribution in [0, 0.1) is 5.92 Å². The molecule has 2 fully saturated rings. The molecule has 1 saturated heterocycles. The highest BCUT2D eigenvalue weighted by atomic mass is 79.9. The number of amides is 1. The van der Waals surface area contributed by atoms with Crippen molar-refractivity contribution in [2.75, 3.05) is 13.1 Å². The third-order valence-corrected chi connectivity index (χ3v) is 8.90. The van der Waals surface area contributed by atoms with Crippen LogP contribution in [0.4, 0.5) is 0 Å². The number of hydrogen-bond donors (Lipinski definition) is 0. The van der Waals surface area contributed by atoms with Gasteiger partial charge in [-0.05, 0) is 114 Å². The Kier molecular flexibility index (Phi) is 7.27. The number of aromatic nitrogens is 1. The van der Waals surface area contributed by atoms with Crippen molar-refractivity contribution in [3.05, 3.63) is 61.3 Å². The highest BCUT2D eigenvalue weighted by Crippen LogP contribution is 2.48. The fourth-order valence-corrected chi connectivity index (χ4v) is 7.02. The Hall–Kier alpha value is -1.53. The Labute approximate surface area is 219 Å². The number of nitrogens with zero attached hydrogens (tertiary/aromatic N) is 2. The third-order valence-electron chi connectivity index (χ3n) is 7.81. The second-order valence-corrected chi connectivity index (χ2v) is 12.1. The van der Waals surface area contributed by atoms with Crippen LogP contribution < -0.4 is 0 Å². The molecule has 1 aromatic carbocycles. The van der Waals surface area contributed by atoms with E-state index in [1.54, 1.807) is 6.92 Å². The van der Waals surface area contributed by atoms with Crippen molar-refractivity contribution in [1.29, 1.82) is 0 Å². The lowest BCUT2D eigenvalue weighted by Crippen LogP contribution is -2.40. The number of pyridine rings is 1. The van der Waals surface area contributed by atoms with E-state index >= 15 is 0 Å². The van der Waals surface area contributed by atoms with Crippen molar-refractivity contribution in [3.63, 3.8) is 0 Å². The maximum absolute atomic E-state index is 12.7. The van der Waals surface area contributed by atoms with Gasteiger partial charge in [0, 0.05) is 47.0 Å². The molecule has 1 aliphatic heterocycles. The molecule has 6 heteroatoms. The highest BCUT2D eigenvalue weighted by Gasteiger charge is 2.37. The fraction of sp³-hybridized carbons (Fsp3) is 0.536. The molecule has 180 valence electrons. The van der Waals surface area contributed by atoms with Crippen molar-refractivity contribution < 1.29 is 9.59 Å². The number of benzene rings is 1. The van der Waals surface area contributed by atoms with Gasteiger partial charge in [0.25, 0.3) is 0 Å². The largest absolute Gasteiger partial charge is 0.343 e. The summed E-state index contributed by atoms with van der Waals surface area (Å²) in [5.74, 6) is 1.78. The summed E-state index contributed by atoms with van der Waals surface area (Å²) in [6.07, 6.45) is 10.2. The molecule has 0 N–H and O–H groups in total. The molecule has 0 unspecified atom stereocenters. The molecule has 2 aliphatic carbocycles. The van der Waals surface area contributed by atoms with Gasteiger partial charge >= 0.3 is 0 Å². The maximum Gasteiger partial charge on any atom is 0.222 e. The van der Waals surface area contributed by atoms with Gasteiger partial charge in [0.1, 0.15) is 5.78 Å². The van der Waals surface area contributed by atoms with Crippen molar-refractivity contribution in [2.45, 2.75) is 76.5 Å². The summed E-state index contributed by atoms with van der Waals surface area (Å²) < 4.78 is 2.27. The van der Waals surface area contributed by atoms with Crippen LogP contribution in [0.5, 0.6) is 0 Å². The first-order valence-corrected chi connectivity index (χ1v) is 14.2. The molecule has 5 rings (SSSR count). The minimum Gasteiger partial charge on any atom is -0.343 e. The molecule has 1 atom stereocenters. The molecule has 2 heterocycles. The van der Waals surface area contributed by atoms with Crippen molar-refractivity contribution in [2.24, 2.45) is 5.92 Å². The van der Waals surface area contributed by atoms with Crippen LogP contribution >= 0.6 is 31.9 Å². The summed E-state index contributed by atoms with van der Waals surface area (Å²) in [4.78, 5) is 30.9. The molecule has 0 radical (unpaired) electrons. The molecule has 1 amide bonds. The Bertz CT molecular complexity index is 1100. The van der Waals surface area contributed by atoms with Crippen LogP contribution in [-0.4, -0.2) is 34.7 Å². The average molecular weight is 588 g/mol. The first-order valence-electron chi connectivity index (χ1n) is 12.6. The van der Waals surface area contributed by atoms with Crippen LogP contribution in [-0.2, 0) is 22.4 Å². The number of hydrogen-bond acceptors (Lipinski definition) is 3. The van der Waals surface area contributed by atoms with Gasteiger partial charge in [-0.1, -0.05) is 22.0 Å². The number of carbonyl (C=O) groups is 2. The van der Waals surface area contributed by atoms with Crippen LogP contribution in [0.3, 0.4) is 0 Å². The lowest BCUT2D eigenvalue weighted by molar-refractivity contribution is -0.132. The first kappa shape index (κ1) is 24.2. The van der Waals surface area contributed by atoms with Gasteiger partial charge in [-0.2, -0.15) is 0 Å². The number of carbonyl (C=O) groups excluding carboxylic acids is 2. The molecule has 0 bridgehead atoms. The summed E-state index contributed by atoms with van der Waals surface area (Å²) in [5, 5.41) is 0. The van der Waals surface area contributed by atoms with Crippen LogP contribution in [0.1, 0.15) is 91.7 Å². The number of Topliss-reactive ketones (excluding diaryl/α,β-unsaturated/α-hetero) is 1. The van der Waals surface area contributed by atoms with Gasteiger partial charge < -0.3 is 9.69 Å². The van der Waals surface area contributed by atoms with Crippen molar-refractivity contribution >= 4 is 43.6 Å². The molecular weight excluding hydrogens is 556 g/mol. The molecule has 34 heavy (non-hydrogen) atoms. The average Bonchev–Trinajstić information content (AvgIpc) is 3.66. The lowest BCUT2D eigenvalue weighted by atomic mass is 9.76. The number of piperidine rings is 1. The zero-order valence-corrected chi connectivity index (χ0v) is 23.0. The maximum atomic E-state index is 12.7. The van der Waals surface area contributed by atoms with E-state index in [2.05, 4.69) is 50.1 Å². The fourth-order valence-electron chi connectivity index (χ4n) is 5.87. The van der Waals surface area contributed by atoms with Crippen LogP contribution in [0.25, 0.3) is 0 Å². The zero-order chi connectivity index (χ0) is 23.8. The second-order valence-electron chi connectivity index (χ2n) is 10.3. The zero-order valence-electron chi connectivity index (χ0n) is 19.8. The van der Waals surface area contributed by atoms with Crippen molar-refractivity contribution in [3.8, 4) is 0 Å². The molecular formula is C28H32Br2N2O2. The van der Waals surface area contributed by atoms with E-state index in [9.17, 15) is 9.59 Å². The van der Waals surface area contributed by atoms with Gasteiger partial charge in [0.05, 0.1) is 5.69 Å². The second kappa shape index (κ2) is 10.2. The Balaban J connectivity index is 1.41. The van der Waals surface area contributed by atoms with Gasteiger partial charge in [0.15, 0.2) is 0 Å². The number of ketones is 1. The Morgan fingerprint density at radius 3 is 2.44 bits per heavy atom. The number of halogens is 2. The Morgan fingerprint density at radius 2 is 1.74 bits per heavy atom. The molecule has 0 spiro atoms. The van der Waals surface area contributed by atoms with Crippen LogP contribution in [0.2, 0.25) is 0 Å². The summed E-state index contributed by atoms with van der Waals surface area (Å²) in [6, 6.07) is 7.09. The standard InChI is InChI=1S/C28H32Br2N2O2/c1-17(33)3-2-4-25(34)32-11-9-19(10-12-32)27-26-20(13-22(15-24(26)30)18-5-6-18)7-8-21-14-23(29)16-31-28(21)27/h13-16,18-19,27H,2-12H2,1H3/t27-/m1/s1. The molecule has 1 aromatic heterocycles. The topological polar surface area (TPSA) is 50.3 Å². The van der Waals surface area contributed by atoms with Crippen molar-refractivity contribution in [1.82, 2.24) is 9.88 Å². The monoisotopic (exact) mass is 586 g/mol. The predicted octanol–water partition coefficient (Wildman–Crippen LogP) is 6.71. The normalized spacial score (nSPS) is 20.4. The van der Waals surface area contributed by atoms with Gasteiger partial charge in [-0.25, -0.2) is 0 Å². The number of aryl methyl sites for hydroxylation is 2. The molecule has 1 saturated carbocycles. The van der Waals surface area contributed by atoms with Gasteiger partial charge in [-0.15, -0.1) is 0 Å². The summed E-state index contributed by atoms with van der Waals surface area (Å²) in [6.45, 7) is 3.18.